The number of carbonyl (C=O) groups excluding carboxylic acids is 1. The summed E-state index contributed by atoms with van der Waals surface area (Å²) in [7, 11) is 0. The second kappa shape index (κ2) is 6.65. The molecule has 0 bridgehead atoms. The molecule has 5 heteroatoms. The maximum atomic E-state index is 12.1. The largest absolute Gasteiger partial charge is 0.365 e. The van der Waals surface area contributed by atoms with E-state index < -0.39 is 0 Å². The van der Waals surface area contributed by atoms with Gasteiger partial charge in [-0.2, -0.15) is 0 Å². The van der Waals surface area contributed by atoms with Gasteiger partial charge in [-0.1, -0.05) is 12.1 Å². The van der Waals surface area contributed by atoms with Gasteiger partial charge in [0.25, 0.3) is 5.91 Å². The summed E-state index contributed by atoms with van der Waals surface area (Å²) in [5.41, 5.74) is 3.34. The van der Waals surface area contributed by atoms with Crippen LogP contribution in [0.1, 0.15) is 21.6 Å². The number of hydrogen-bond acceptors (Lipinski definition) is 4. The summed E-state index contributed by atoms with van der Waals surface area (Å²) in [5, 5.41) is 5.81. The van der Waals surface area contributed by atoms with Crippen molar-refractivity contribution in [2.45, 2.75) is 13.8 Å². The molecule has 1 aromatic carbocycles. The van der Waals surface area contributed by atoms with Crippen LogP contribution in [0.25, 0.3) is 0 Å². The molecule has 0 saturated carbocycles. The van der Waals surface area contributed by atoms with Crippen LogP contribution in [-0.2, 0) is 0 Å². The van der Waals surface area contributed by atoms with Crippen molar-refractivity contribution in [1.82, 2.24) is 9.97 Å². The highest BCUT2D eigenvalue weighted by atomic mass is 16.1. The zero-order valence-corrected chi connectivity index (χ0v) is 12.2. The first-order chi connectivity index (χ1) is 10.1. The van der Waals surface area contributed by atoms with Crippen molar-refractivity contribution in [2.75, 3.05) is 17.2 Å². The third-order valence-electron chi connectivity index (χ3n) is 3.08. The number of anilines is 2. The number of carbonyl (C=O) groups is 1. The Bertz CT molecular complexity index is 650. The van der Waals surface area contributed by atoms with Crippen molar-refractivity contribution >= 4 is 17.4 Å². The number of aromatic nitrogens is 2. The molecule has 0 radical (unpaired) electrons. The van der Waals surface area contributed by atoms with E-state index in [4.69, 9.17) is 0 Å². The van der Waals surface area contributed by atoms with E-state index in [0.29, 0.717) is 12.4 Å². The average Bonchev–Trinajstić information content (AvgIpc) is 2.49. The molecule has 0 saturated heterocycles. The van der Waals surface area contributed by atoms with Gasteiger partial charge >= 0.3 is 0 Å². The second-order valence-corrected chi connectivity index (χ2v) is 4.71. The summed E-state index contributed by atoms with van der Waals surface area (Å²) in [6, 6.07) is 5.77. The lowest BCUT2D eigenvalue weighted by Gasteiger charge is -2.07. The van der Waals surface area contributed by atoms with Crippen molar-refractivity contribution in [3.63, 3.8) is 0 Å². The fraction of sp³-hybridized carbons (Fsp3) is 0.188. The number of benzene rings is 1. The molecule has 0 aliphatic heterocycles. The van der Waals surface area contributed by atoms with Gasteiger partial charge in [-0.3, -0.25) is 4.79 Å². The van der Waals surface area contributed by atoms with Crippen LogP contribution in [-0.4, -0.2) is 22.4 Å². The Kier molecular flexibility index (Phi) is 4.66. The Hall–Kier alpha value is -2.69. The number of amides is 1. The number of aryl methyl sites for hydroxylation is 2. The molecule has 2 N–H and O–H groups in total. The monoisotopic (exact) mass is 282 g/mol. The smallest absolute Gasteiger partial charge is 0.275 e. The van der Waals surface area contributed by atoms with Crippen LogP contribution < -0.4 is 10.6 Å². The van der Waals surface area contributed by atoms with Gasteiger partial charge in [0, 0.05) is 12.2 Å². The van der Waals surface area contributed by atoms with Gasteiger partial charge in [0.05, 0.1) is 12.4 Å². The number of hydrogen-bond donors (Lipinski definition) is 2. The molecule has 5 nitrogen and oxygen atoms in total. The molecule has 0 fully saturated rings. The molecule has 108 valence electrons. The van der Waals surface area contributed by atoms with E-state index in [-0.39, 0.29) is 11.6 Å². The maximum Gasteiger partial charge on any atom is 0.275 e. The summed E-state index contributed by atoms with van der Waals surface area (Å²) in [5.74, 6) is 0.332. The fourth-order valence-electron chi connectivity index (χ4n) is 1.73. The molecular weight excluding hydrogens is 264 g/mol. The van der Waals surface area contributed by atoms with E-state index in [9.17, 15) is 4.79 Å². The molecular formula is C16H18N4O. The first-order valence-corrected chi connectivity index (χ1v) is 6.65. The minimum absolute atomic E-state index is 0.275. The van der Waals surface area contributed by atoms with Crippen molar-refractivity contribution < 1.29 is 4.79 Å². The Morgan fingerprint density at radius 2 is 2.05 bits per heavy atom. The molecule has 2 rings (SSSR count). The summed E-state index contributed by atoms with van der Waals surface area (Å²) in [6.07, 6.45) is 4.70. The van der Waals surface area contributed by atoms with Crippen LogP contribution in [0.2, 0.25) is 0 Å². The minimum Gasteiger partial charge on any atom is -0.365 e. The molecule has 0 aliphatic rings. The van der Waals surface area contributed by atoms with Crippen LogP contribution in [0.4, 0.5) is 11.5 Å². The predicted molar refractivity (Wildman–Crippen MR) is 84.6 cm³/mol. The normalized spacial score (nSPS) is 10.0. The predicted octanol–water partition coefficient (Wildman–Crippen LogP) is 2.94. The molecule has 1 heterocycles. The average molecular weight is 282 g/mol. The molecule has 2 aromatic rings. The van der Waals surface area contributed by atoms with Crippen molar-refractivity contribution in [2.24, 2.45) is 0 Å². The van der Waals surface area contributed by atoms with Crippen LogP contribution in [0.3, 0.4) is 0 Å². The lowest BCUT2D eigenvalue weighted by Crippen LogP contribution is -2.14. The SMILES string of the molecule is C=CCNc1cnc(C(=O)Nc2ccc(C)c(C)c2)cn1. The molecule has 1 aromatic heterocycles. The number of nitrogens with zero attached hydrogens (tertiary/aromatic N) is 2. The molecule has 1 amide bonds. The van der Waals surface area contributed by atoms with E-state index in [1.807, 2.05) is 32.0 Å². The quantitative estimate of drug-likeness (QED) is 0.827. The van der Waals surface area contributed by atoms with E-state index in [1.54, 1.807) is 6.08 Å². The molecule has 0 atom stereocenters. The number of nitrogens with one attached hydrogen (secondary N) is 2. The Morgan fingerprint density at radius 3 is 2.67 bits per heavy atom. The van der Waals surface area contributed by atoms with Gasteiger partial charge in [-0.25, -0.2) is 9.97 Å². The van der Waals surface area contributed by atoms with Crippen molar-refractivity contribution in [1.29, 1.82) is 0 Å². The Balaban J connectivity index is 2.05. The van der Waals surface area contributed by atoms with E-state index in [0.717, 1.165) is 11.3 Å². The molecule has 0 unspecified atom stereocenters. The van der Waals surface area contributed by atoms with Gasteiger partial charge in [0.15, 0.2) is 0 Å². The summed E-state index contributed by atoms with van der Waals surface area (Å²) < 4.78 is 0. The Labute approximate surface area is 124 Å². The van der Waals surface area contributed by atoms with Crippen LogP contribution in [0, 0.1) is 13.8 Å². The topological polar surface area (TPSA) is 66.9 Å². The standard InChI is InChI=1S/C16H18N4O/c1-4-7-17-15-10-18-14(9-19-15)16(21)20-13-6-5-11(2)12(3)8-13/h4-6,8-10H,1,7H2,2-3H3,(H,17,19)(H,20,21). The van der Waals surface area contributed by atoms with E-state index in [1.165, 1.54) is 18.0 Å². The highest BCUT2D eigenvalue weighted by Gasteiger charge is 2.08. The Morgan fingerprint density at radius 1 is 1.24 bits per heavy atom. The van der Waals surface area contributed by atoms with Crippen LogP contribution >= 0.6 is 0 Å². The highest BCUT2D eigenvalue weighted by molar-refractivity contribution is 6.02. The fourth-order valence-corrected chi connectivity index (χ4v) is 1.73. The zero-order chi connectivity index (χ0) is 15.2. The van der Waals surface area contributed by atoms with Crippen molar-refractivity contribution in [3.05, 3.63) is 60.1 Å². The third-order valence-corrected chi connectivity index (χ3v) is 3.08. The van der Waals surface area contributed by atoms with Gasteiger partial charge in [-0.05, 0) is 37.1 Å². The third kappa shape index (κ3) is 3.89. The van der Waals surface area contributed by atoms with Gasteiger partial charge in [-0.15, -0.1) is 6.58 Å². The van der Waals surface area contributed by atoms with Crippen molar-refractivity contribution in [3.8, 4) is 0 Å². The number of rotatable bonds is 5. The van der Waals surface area contributed by atoms with Gasteiger partial charge in [0.1, 0.15) is 11.5 Å². The van der Waals surface area contributed by atoms with Crippen LogP contribution in [0.15, 0.2) is 43.2 Å². The van der Waals surface area contributed by atoms with E-state index >= 15 is 0 Å². The minimum atomic E-state index is -0.277. The summed E-state index contributed by atoms with van der Waals surface area (Å²) in [6.45, 7) is 8.24. The first kappa shape index (κ1) is 14.7. The van der Waals surface area contributed by atoms with Crippen LogP contribution in [0.5, 0.6) is 0 Å². The summed E-state index contributed by atoms with van der Waals surface area (Å²) >= 11 is 0. The lowest BCUT2D eigenvalue weighted by molar-refractivity contribution is 0.102. The maximum absolute atomic E-state index is 12.1. The highest BCUT2D eigenvalue weighted by Crippen LogP contribution is 2.15. The lowest BCUT2D eigenvalue weighted by atomic mass is 10.1. The molecule has 21 heavy (non-hydrogen) atoms. The van der Waals surface area contributed by atoms with E-state index in [2.05, 4.69) is 27.2 Å². The zero-order valence-electron chi connectivity index (χ0n) is 12.2. The first-order valence-electron chi connectivity index (χ1n) is 6.65. The molecule has 0 aliphatic carbocycles. The second-order valence-electron chi connectivity index (χ2n) is 4.71. The van der Waals surface area contributed by atoms with Gasteiger partial charge < -0.3 is 10.6 Å². The molecule has 0 spiro atoms. The van der Waals surface area contributed by atoms with Gasteiger partial charge in [0.2, 0.25) is 0 Å². The summed E-state index contributed by atoms with van der Waals surface area (Å²) in [4.78, 5) is 20.3.